The van der Waals surface area contributed by atoms with Gasteiger partial charge in [0.05, 0.1) is 12.6 Å². The molecule has 0 aliphatic heterocycles. The number of aliphatic hydroxyl groups excluding tert-OH is 1. The van der Waals surface area contributed by atoms with Crippen molar-refractivity contribution < 1.29 is 9.90 Å². The third kappa shape index (κ3) is 3.18. The van der Waals surface area contributed by atoms with Gasteiger partial charge < -0.3 is 15.7 Å². The maximum absolute atomic E-state index is 11.1. The number of urea groups is 1. The van der Waals surface area contributed by atoms with Crippen LogP contribution in [0.3, 0.4) is 0 Å². The Morgan fingerprint density at radius 1 is 1.43 bits per heavy atom. The largest absolute Gasteiger partial charge is 0.394 e. The van der Waals surface area contributed by atoms with Crippen molar-refractivity contribution in [3.8, 4) is 0 Å². The van der Waals surface area contributed by atoms with E-state index in [0.29, 0.717) is 5.92 Å². The predicted octanol–water partition coefficient (Wildman–Crippen LogP) is 0.857. The number of nitrogens with one attached hydrogen (secondary N) is 2. The van der Waals surface area contributed by atoms with Gasteiger partial charge in [0.15, 0.2) is 0 Å². The van der Waals surface area contributed by atoms with Crippen LogP contribution in [0, 0.1) is 5.92 Å². The summed E-state index contributed by atoms with van der Waals surface area (Å²) in [5, 5.41) is 14.5. The Morgan fingerprint density at radius 3 is 2.57 bits per heavy atom. The van der Waals surface area contributed by atoms with Gasteiger partial charge >= 0.3 is 6.03 Å². The van der Waals surface area contributed by atoms with E-state index >= 15 is 0 Å². The van der Waals surface area contributed by atoms with Crippen LogP contribution in [0.5, 0.6) is 0 Å². The van der Waals surface area contributed by atoms with Crippen LogP contribution < -0.4 is 10.6 Å². The molecule has 1 aliphatic carbocycles. The molecule has 1 aliphatic rings. The molecule has 0 heterocycles. The lowest BCUT2D eigenvalue weighted by molar-refractivity contribution is 0.169. The molecule has 82 valence electrons. The van der Waals surface area contributed by atoms with E-state index in [-0.39, 0.29) is 18.7 Å². The van der Waals surface area contributed by atoms with Crippen LogP contribution in [0.1, 0.15) is 32.1 Å². The summed E-state index contributed by atoms with van der Waals surface area (Å²) in [6, 6.07) is -0.273. The number of hydrogen-bond acceptors (Lipinski definition) is 2. The van der Waals surface area contributed by atoms with E-state index in [1.807, 2.05) is 0 Å². The first-order valence-corrected chi connectivity index (χ1v) is 5.37. The lowest BCUT2D eigenvalue weighted by atomic mass is 9.84. The summed E-state index contributed by atoms with van der Waals surface area (Å²) in [7, 11) is 1.59. The fourth-order valence-corrected chi connectivity index (χ4v) is 2.09. The van der Waals surface area contributed by atoms with Crippen molar-refractivity contribution >= 4 is 6.03 Å². The van der Waals surface area contributed by atoms with Gasteiger partial charge in [-0.1, -0.05) is 19.3 Å². The Kier molecular flexibility index (Phi) is 4.73. The van der Waals surface area contributed by atoms with Crippen molar-refractivity contribution in [3.05, 3.63) is 0 Å². The molecule has 1 atom stereocenters. The highest BCUT2D eigenvalue weighted by Crippen LogP contribution is 2.26. The third-order valence-corrected chi connectivity index (χ3v) is 2.96. The summed E-state index contributed by atoms with van der Waals surface area (Å²) < 4.78 is 0. The predicted molar refractivity (Wildman–Crippen MR) is 55.0 cm³/mol. The third-order valence-electron chi connectivity index (χ3n) is 2.96. The molecular formula is C10H20N2O2. The molecule has 1 unspecified atom stereocenters. The van der Waals surface area contributed by atoms with Crippen molar-refractivity contribution in [1.29, 1.82) is 0 Å². The van der Waals surface area contributed by atoms with E-state index in [2.05, 4.69) is 10.6 Å². The van der Waals surface area contributed by atoms with Gasteiger partial charge in [-0.25, -0.2) is 4.79 Å². The zero-order chi connectivity index (χ0) is 10.4. The van der Waals surface area contributed by atoms with Crippen LogP contribution in [0.25, 0.3) is 0 Å². The van der Waals surface area contributed by atoms with E-state index in [9.17, 15) is 9.90 Å². The molecule has 0 bridgehead atoms. The molecule has 2 amide bonds. The van der Waals surface area contributed by atoms with E-state index in [0.717, 1.165) is 12.8 Å². The van der Waals surface area contributed by atoms with Gasteiger partial charge in [0.1, 0.15) is 0 Å². The van der Waals surface area contributed by atoms with Crippen molar-refractivity contribution in [2.45, 2.75) is 38.1 Å². The molecule has 0 aromatic carbocycles. The Bertz CT molecular complexity index is 179. The minimum atomic E-state index is -0.199. The molecule has 14 heavy (non-hydrogen) atoms. The van der Waals surface area contributed by atoms with Crippen LogP contribution in [-0.2, 0) is 0 Å². The van der Waals surface area contributed by atoms with Gasteiger partial charge in [0, 0.05) is 7.05 Å². The van der Waals surface area contributed by atoms with Gasteiger partial charge in [0.2, 0.25) is 0 Å². The molecule has 0 radical (unpaired) electrons. The average molecular weight is 200 g/mol. The first-order valence-electron chi connectivity index (χ1n) is 5.37. The van der Waals surface area contributed by atoms with Crippen molar-refractivity contribution in [2.75, 3.05) is 13.7 Å². The van der Waals surface area contributed by atoms with Crippen LogP contribution in [0.2, 0.25) is 0 Å². The van der Waals surface area contributed by atoms with E-state index in [4.69, 9.17) is 0 Å². The quantitative estimate of drug-likeness (QED) is 0.632. The molecule has 0 saturated heterocycles. The Morgan fingerprint density at radius 2 is 2.07 bits per heavy atom. The second-order valence-electron chi connectivity index (χ2n) is 3.91. The summed E-state index contributed by atoms with van der Waals surface area (Å²) in [6.07, 6.45) is 5.96. The zero-order valence-corrected chi connectivity index (χ0v) is 8.75. The number of aliphatic hydroxyl groups is 1. The highest BCUT2D eigenvalue weighted by atomic mass is 16.3. The first kappa shape index (κ1) is 11.3. The number of hydrogen-bond donors (Lipinski definition) is 3. The second-order valence-corrected chi connectivity index (χ2v) is 3.91. The van der Waals surface area contributed by atoms with Crippen molar-refractivity contribution in [3.63, 3.8) is 0 Å². The Labute approximate surface area is 85.1 Å². The number of carbonyl (C=O) groups is 1. The summed E-state index contributed by atoms with van der Waals surface area (Å²) in [4.78, 5) is 11.1. The summed E-state index contributed by atoms with van der Waals surface area (Å²) in [5.74, 6) is 0.450. The van der Waals surface area contributed by atoms with E-state index in [1.54, 1.807) is 7.05 Å². The van der Waals surface area contributed by atoms with E-state index < -0.39 is 0 Å². The molecular weight excluding hydrogens is 180 g/mol. The molecule has 4 heteroatoms. The molecule has 1 rings (SSSR count). The Hall–Kier alpha value is -0.770. The standard InChI is InChI=1S/C10H20N2O2/c1-11-10(14)12-9(7-13)8-5-3-2-4-6-8/h8-9,13H,2-7H2,1H3,(H2,11,12,14). The SMILES string of the molecule is CNC(=O)NC(CO)C1CCCCC1. The van der Waals surface area contributed by atoms with Gasteiger partial charge in [-0.05, 0) is 18.8 Å². The minimum absolute atomic E-state index is 0.0398. The van der Waals surface area contributed by atoms with E-state index in [1.165, 1.54) is 19.3 Å². The van der Waals surface area contributed by atoms with Gasteiger partial charge in [-0.2, -0.15) is 0 Å². The monoisotopic (exact) mass is 200 g/mol. The van der Waals surface area contributed by atoms with Crippen LogP contribution in [-0.4, -0.2) is 30.8 Å². The van der Waals surface area contributed by atoms with Crippen LogP contribution in [0.4, 0.5) is 4.79 Å². The minimum Gasteiger partial charge on any atom is -0.394 e. The van der Waals surface area contributed by atoms with Crippen molar-refractivity contribution in [1.82, 2.24) is 10.6 Å². The topological polar surface area (TPSA) is 61.4 Å². The van der Waals surface area contributed by atoms with Gasteiger partial charge in [0.25, 0.3) is 0 Å². The molecule has 0 spiro atoms. The lowest BCUT2D eigenvalue weighted by Gasteiger charge is -2.29. The second kappa shape index (κ2) is 5.86. The van der Waals surface area contributed by atoms with Gasteiger partial charge in [-0.3, -0.25) is 0 Å². The molecule has 1 saturated carbocycles. The average Bonchev–Trinajstić information content (AvgIpc) is 2.26. The first-order chi connectivity index (χ1) is 6.77. The highest BCUT2D eigenvalue weighted by molar-refractivity contribution is 5.73. The molecule has 3 N–H and O–H groups in total. The number of rotatable bonds is 3. The maximum atomic E-state index is 11.1. The summed E-state index contributed by atoms with van der Waals surface area (Å²) in [6.45, 7) is 0.0398. The van der Waals surface area contributed by atoms with Gasteiger partial charge in [-0.15, -0.1) is 0 Å². The fourth-order valence-electron chi connectivity index (χ4n) is 2.09. The number of amides is 2. The smallest absolute Gasteiger partial charge is 0.314 e. The van der Waals surface area contributed by atoms with Crippen molar-refractivity contribution in [2.24, 2.45) is 5.92 Å². The molecule has 1 fully saturated rings. The molecule has 0 aromatic heterocycles. The molecule has 4 nitrogen and oxygen atoms in total. The highest BCUT2D eigenvalue weighted by Gasteiger charge is 2.23. The van der Waals surface area contributed by atoms with Crippen LogP contribution in [0.15, 0.2) is 0 Å². The zero-order valence-electron chi connectivity index (χ0n) is 8.75. The normalized spacial score (nSPS) is 20.1. The maximum Gasteiger partial charge on any atom is 0.314 e. The fraction of sp³-hybridized carbons (Fsp3) is 0.900. The molecule has 0 aromatic rings. The summed E-state index contributed by atoms with van der Waals surface area (Å²) >= 11 is 0. The number of carbonyl (C=O) groups excluding carboxylic acids is 1. The van der Waals surface area contributed by atoms with Crippen LogP contribution >= 0.6 is 0 Å². The summed E-state index contributed by atoms with van der Waals surface area (Å²) in [5.41, 5.74) is 0. The lowest BCUT2D eigenvalue weighted by Crippen LogP contribution is -2.47. The Balaban J connectivity index is 2.39.